The van der Waals surface area contributed by atoms with Gasteiger partial charge < -0.3 is 15.2 Å². The maximum atomic E-state index is 9.49. The summed E-state index contributed by atoms with van der Waals surface area (Å²) < 4.78 is 7.34. The molecule has 3 aromatic rings. The van der Waals surface area contributed by atoms with Crippen LogP contribution in [-0.2, 0) is 13.0 Å². The Morgan fingerprint density at radius 3 is 2.85 bits per heavy atom. The van der Waals surface area contributed by atoms with Gasteiger partial charge in [0.1, 0.15) is 5.75 Å². The maximum Gasteiger partial charge on any atom is 0.130 e. The molecule has 2 aromatic heterocycles. The molecule has 0 radical (unpaired) electrons. The van der Waals surface area contributed by atoms with E-state index in [1.54, 1.807) is 17.5 Å². The number of halogens is 1. The van der Waals surface area contributed by atoms with Gasteiger partial charge in [-0.1, -0.05) is 18.5 Å². The Hall–Kier alpha value is -1.66. The molecule has 26 heavy (non-hydrogen) atoms. The largest absolute Gasteiger partial charge is 0.492 e. The van der Waals surface area contributed by atoms with Gasteiger partial charge in [-0.15, -0.1) is 11.3 Å². The van der Waals surface area contributed by atoms with Gasteiger partial charge in [-0.05, 0) is 36.2 Å². The van der Waals surface area contributed by atoms with Crippen LogP contribution in [0.5, 0.6) is 5.75 Å². The molecule has 0 spiro atoms. The third kappa shape index (κ3) is 3.32. The van der Waals surface area contributed by atoms with Crippen LogP contribution in [0.25, 0.3) is 21.3 Å². The number of thiophene rings is 1. The topological polar surface area (TPSA) is 54.4 Å². The fraction of sp³-hybridized carbons (Fsp3) is 0.350. The van der Waals surface area contributed by atoms with Crippen LogP contribution < -0.4 is 10.1 Å². The normalized spacial score (nSPS) is 14.6. The van der Waals surface area contributed by atoms with E-state index in [0.717, 1.165) is 57.0 Å². The predicted octanol–water partition coefficient (Wildman–Crippen LogP) is 4.27. The monoisotopic (exact) mass is 388 g/mol. The molecule has 0 atom stereocenters. The van der Waals surface area contributed by atoms with E-state index >= 15 is 0 Å². The number of hydrogen-bond acceptors (Lipinski definition) is 5. The third-order valence-corrected chi connectivity index (χ3v) is 6.11. The fourth-order valence-corrected chi connectivity index (χ4v) is 4.47. The Morgan fingerprint density at radius 1 is 1.31 bits per heavy atom. The number of aryl methyl sites for hydroxylation is 1. The molecule has 4 nitrogen and oxygen atoms in total. The molecule has 0 amide bonds. The first kappa shape index (κ1) is 17.7. The number of hydrogen-bond donors (Lipinski definition) is 2. The van der Waals surface area contributed by atoms with E-state index in [-0.39, 0.29) is 6.61 Å². The van der Waals surface area contributed by atoms with Gasteiger partial charge >= 0.3 is 0 Å². The number of aliphatic hydroxyl groups excluding tert-OH is 1. The molecule has 3 heterocycles. The lowest BCUT2D eigenvalue weighted by molar-refractivity contribution is 0.198. The summed E-state index contributed by atoms with van der Waals surface area (Å²) >= 11 is 7.98. The summed E-state index contributed by atoms with van der Waals surface area (Å²) in [7, 11) is 0. The van der Waals surface area contributed by atoms with E-state index in [2.05, 4.69) is 17.2 Å². The van der Waals surface area contributed by atoms with Gasteiger partial charge in [-0.25, -0.2) is 0 Å². The Kier molecular flexibility index (Phi) is 5.14. The van der Waals surface area contributed by atoms with Gasteiger partial charge in [0.15, 0.2) is 0 Å². The molecule has 0 aliphatic carbocycles. The Morgan fingerprint density at radius 2 is 2.15 bits per heavy atom. The summed E-state index contributed by atoms with van der Waals surface area (Å²) in [5.74, 6) is 1.47. The van der Waals surface area contributed by atoms with E-state index in [1.807, 2.05) is 24.3 Å². The maximum absolute atomic E-state index is 9.49. The number of fused-ring (bicyclic) bond motifs is 1. The SMILES string of the molecule is CCc1cc(Cl)cc(-c2ccnc3cc(CO)sc23)c1OCC1CNC1. The number of aromatic nitrogens is 1. The highest BCUT2D eigenvalue weighted by molar-refractivity contribution is 7.19. The van der Waals surface area contributed by atoms with Crippen molar-refractivity contribution < 1.29 is 9.84 Å². The van der Waals surface area contributed by atoms with Crippen molar-refractivity contribution in [3.8, 4) is 16.9 Å². The average Bonchev–Trinajstić information content (AvgIpc) is 3.04. The number of rotatable bonds is 6. The van der Waals surface area contributed by atoms with Crippen molar-refractivity contribution in [1.82, 2.24) is 10.3 Å². The Labute approximate surface area is 161 Å². The molecule has 0 bridgehead atoms. The van der Waals surface area contributed by atoms with Gasteiger partial charge in [0.05, 0.1) is 23.4 Å². The molecule has 1 aliphatic rings. The highest BCUT2D eigenvalue weighted by Gasteiger charge is 2.21. The van der Waals surface area contributed by atoms with Crippen LogP contribution in [0.1, 0.15) is 17.4 Å². The van der Waals surface area contributed by atoms with Gasteiger partial charge in [0.25, 0.3) is 0 Å². The minimum atomic E-state index is 0.0221. The molecule has 4 rings (SSSR count). The lowest BCUT2D eigenvalue weighted by Crippen LogP contribution is -2.45. The van der Waals surface area contributed by atoms with Crippen molar-refractivity contribution >= 4 is 33.2 Å². The van der Waals surface area contributed by atoms with E-state index in [1.165, 1.54) is 0 Å². The van der Waals surface area contributed by atoms with Crippen LogP contribution in [0.3, 0.4) is 0 Å². The van der Waals surface area contributed by atoms with E-state index < -0.39 is 0 Å². The fourth-order valence-electron chi connectivity index (χ4n) is 3.23. The second-order valence-electron chi connectivity index (χ2n) is 6.57. The Balaban J connectivity index is 1.84. The van der Waals surface area contributed by atoms with Crippen molar-refractivity contribution in [2.45, 2.75) is 20.0 Å². The zero-order valence-corrected chi connectivity index (χ0v) is 16.2. The van der Waals surface area contributed by atoms with Crippen molar-refractivity contribution in [2.75, 3.05) is 19.7 Å². The molecule has 1 fully saturated rings. The molecule has 0 unspecified atom stereocenters. The van der Waals surface area contributed by atoms with Crippen LogP contribution >= 0.6 is 22.9 Å². The first-order chi connectivity index (χ1) is 12.7. The molecular weight excluding hydrogens is 368 g/mol. The number of nitrogens with one attached hydrogen (secondary N) is 1. The zero-order valence-electron chi connectivity index (χ0n) is 14.6. The van der Waals surface area contributed by atoms with Crippen LogP contribution in [0.4, 0.5) is 0 Å². The van der Waals surface area contributed by atoms with Crippen molar-refractivity contribution in [3.63, 3.8) is 0 Å². The predicted molar refractivity (Wildman–Crippen MR) is 107 cm³/mol. The van der Waals surface area contributed by atoms with Gasteiger partial charge in [-0.2, -0.15) is 0 Å². The zero-order chi connectivity index (χ0) is 18.1. The van der Waals surface area contributed by atoms with Gasteiger partial charge in [0.2, 0.25) is 0 Å². The van der Waals surface area contributed by atoms with E-state index in [9.17, 15) is 5.11 Å². The van der Waals surface area contributed by atoms with Crippen molar-refractivity contribution in [2.24, 2.45) is 5.92 Å². The van der Waals surface area contributed by atoms with Gasteiger partial charge in [-0.3, -0.25) is 4.98 Å². The van der Waals surface area contributed by atoms with Crippen molar-refractivity contribution in [3.05, 3.63) is 45.9 Å². The number of nitrogens with zero attached hydrogens (tertiary/aromatic N) is 1. The van der Waals surface area contributed by atoms with Crippen LogP contribution in [-0.4, -0.2) is 29.8 Å². The van der Waals surface area contributed by atoms with Crippen LogP contribution in [0.15, 0.2) is 30.5 Å². The van der Waals surface area contributed by atoms with Crippen molar-refractivity contribution in [1.29, 1.82) is 0 Å². The molecule has 1 aliphatic heterocycles. The smallest absolute Gasteiger partial charge is 0.130 e. The number of aliphatic hydroxyl groups is 1. The summed E-state index contributed by atoms with van der Waals surface area (Å²) in [6.07, 6.45) is 2.66. The molecule has 1 saturated heterocycles. The summed E-state index contributed by atoms with van der Waals surface area (Å²) in [6.45, 7) is 4.86. The summed E-state index contributed by atoms with van der Waals surface area (Å²) in [4.78, 5) is 5.35. The van der Waals surface area contributed by atoms with Crippen LogP contribution in [0.2, 0.25) is 5.02 Å². The first-order valence-electron chi connectivity index (χ1n) is 8.84. The number of ether oxygens (including phenoxy) is 1. The molecule has 0 saturated carbocycles. The molecule has 136 valence electrons. The first-order valence-corrected chi connectivity index (χ1v) is 10.0. The molecule has 2 N–H and O–H groups in total. The lowest BCUT2D eigenvalue weighted by atomic mass is 10.00. The van der Waals surface area contributed by atoms with E-state index in [0.29, 0.717) is 17.5 Å². The molecular formula is C20H21ClN2O2S. The summed E-state index contributed by atoms with van der Waals surface area (Å²) in [5, 5.41) is 13.5. The second-order valence-corrected chi connectivity index (χ2v) is 8.15. The molecule has 1 aromatic carbocycles. The third-order valence-electron chi connectivity index (χ3n) is 4.75. The quantitative estimate of drug-likeness (QED) is 0.662. The summed E-state index contributed by atoms with van der Waals surface area (Å²) in [5.41, 5.74) is 4.06. The second kappa shape index (κ2) is 7.53. The van der Waals surface area contributed by atoms with Crippen LogP contribution in [0, 0.1) is 5.92 Å². The number of benzene rings is 1. The standard InChI is InChI=1S/C20H21ClN2O2S/c1-2-13-5-14(21)6-17(19(13)25-11-12-8-22-9-12)16-3-4-23-18-7-15(10-24)26-20(16)18/h3-7,12,22,24H,2,8-11H2,1H3. The average molecular weight is 389 g/mol. The van der Waals surface area contributed by atoms with Gasteiger partial charge in [0, 0.05) is 46.2 Å². The molecule has 6 heteroatoms. The minimum absolute atomic E-state index is 0.0221. The van der Waals surface area contributed by atoms with E-state index in [4.69, 9.17) is 16.3 Å². The lowest BCUT2D eigenvalue weighted by Gasteiger charge is -2.28. The summed E-state index contributed by atoms with van der Waals surface area (Å²) in [6, 6.07) is 7.91. The number of pyridine rings is 1. The highest BCUT2D eigenvalue weighted by atomic mass is 35.5. The Bertz CT molecular complexity index is 937. The minimum Gasteiger partial charge on any atom is -0.492 e. The highest BCUT2D eigenvalue weighted by Crippen LogP contribution is 2.41.